The van der Waals surface area contributed by atoms with Crippen LogP contribution < -0.4 is 10.6 Å². The lowest BCUT2D eigenvalue weighted by molar-refractivity contribution is 0.0143. The second-order valence-electron chi connectivity index (χ2n) is 8.28. The van der Waals surface area contributed by atoms with Gasteiger partial charge in [-0.1, -0.05) is 13.8 Å². The van der Waals surface area contributed by atoms with E-state index >= 15 is 0 Å². The molecule has 1 saturated carbocycles. The van der Waals surface area contributed by atoms with E-state index in [1.165, 1.54) is 19.3 Å². The van der Waals surface area contributed by atoms with Crippen molar-refractivity contribution < 1.29 is 4.74 Å². The van der Waals surface area contributed by atoms with Crippen LogP contribution in [-0.4, -0.2) is 86.9 Å². The maximum atomic E-state index is 5.52. The first-order chi connectivity index (χ1) is 12.5. The monoisotopic (exact) mass is 367 g/mol. The summed E-state index contributed by atoms with van der Waals surface area (Å²) in [5, 5.41) is 6.96. The van der Waals surface area contributed by atoms with E-state index in [4.69, 9.17) is 9.73 Å². The minimum atomic E-state index is 0.501. The van der Waals surface area contributed by atoms with Gasteiger partial charge in [0.1, 0.15) is 0 Å². The van der Waals surface area contributed by atoms with Gasteiger partial charge in [-0.25, -0.2) is 0 Å². The summed E-state index contributed by atoms with van der Waals surface area (Å²) in [6.07, 6.45) is 3.89. The number of morpholine rings is 1. The van der Waals surface area contributed by atoms with E-state index in [0.717, 1.165) is 57.9 Å². The van der Waals surface area contributed by atoms with E-state index in [2.05, 4.69) is 55.2 Å². The van der Waals surface area contributed by atoms with Gasteiger partial charge in [0, 0.05) is 44.3 Å². The maximum Gasteiger partial charge on any atom is 0.191 e. The number of ether oxygens (including phenoxy) is 1. The van der Waals surface area contributed by atoms with Gasteiger partial charge in [0.05, 0.1) is 19.8 Å². The van der Waals surface area contributed by atoms with Crippen molar-refractivity contribution in [1.82, 2.24) is 20.4 Å². The lowest BCUT2D eigenvalue weighted by atomic mass is 10.0. The standard InChI is InChI=1S/C20H41N5O/c1-6-21-20(22-14-17(4)24(5)18-7-8-18)23-15-19(13-16(2)3)25-9-11-26-12-10-25/h16-19H,6-15H2,1-5H3,(H2,21,22,23). The lowest BCUT2D eigenvalue weighted by Crippen LogP contribution is -2.47. The van der Waals surface area contributed by atoms with Gasteiger partial charge in [0.25, 0.3) is 0 Å². The summed E-state index contributed by atoms with van der Waals surface area (Å²) in [5.74, 6) is 1.63. The second kappa shape index (κ2) is 11.1. The SMILES string of the molecule is CCNC(=NCC(CC(C)C)N1CCOCC1)NCC(C)N(C)C1CC1. The van der Waals surface area contributed by atoms with E-state index in [1.54, 1.807) is 0 Å². The number of likely N-dealkylation sites (N-methyl/N-ethyl adjacent to an activating group) is 1. The largest absolute Gasteiger partial charge is 0.379 e. The van der Waals surface area contributed by atoms with Crippen molar-refractivity contribution in [2.45, 2.75) is 65.1 Å². The van der Waals surface area contributed by atoms with Crippen LogP contribution in [0.5, 0.6) is 0 Å². The number of hydrogen-bond donors (Lipinski definition) is 2. The van der Waals surface area contributed by atoms with Crippen LogP contribution in [0.2, 0.25) is 0 Å². The molecule has 0 aromatic heterocycles. The highest BCUT2D eigenvalue weighted by atomic mass is 16.5. The van der Waals surface area contributed by atoms with Crippen LogP contribution in [0.25, 0.3) is 0 Å². The van der Waals surface area contributed by atoms with Crippen molar-refractivity contribution in [1.29, 1.82) is 0 Å². The number of aliphatic imine (C=N–C) groups is 1. The minimum absolute atomic E-state index is 0.501. The summed E-state index contributed by atoms with van der Waals surface area (Å²) in [5.41, 5.74) is 0. The number of nitrogens with zero attached hydrogens (tertiary/aromatic N) is 3. The molecule has 2 rings (SSSR count). The third-order valence-electron chi connectivity index (χ3n) is 5.49. The van der Waals surface area contributed by atoms with Gasteiger partial charge in [-0.3, -0.25) is 14.8 Å². The van der Waals surface area contributed by atoms with Crippen molar-refractivity contribution in [2.24, 2.45) is 10.9 Å². The van der Waals surface area contributed by atoms with Crippen LogP contribution in [-0.2, 0) is 4.74 Å². The molecule has 6 heteroatoms. The van der Waals surface area contributed by atoms with Gasteiger partial charge in [0.2, 0.25) is 0 Å². The Balaban J connectivity index is 1.88. The number of nitrogens with one attached hydrogen (secondary N) is 2. The zero-order chi connectivity index (χ0) is 18.9. The summed E-state index contributed by atoms with van der Waals surface area (Å²) in [6.45, 7) is 15.5. The molecule has 2 fully saturated rings. The number of guanidine groups is 1. The Morgan fingerprint density at radius 2 is 1.88 bits per heavy atom. The summed E-state index contributed by atoms with van der Waals surface area (Å²) >= 11 is 0. The van der Waals surface area contributed by atoms with Gasteiger partial charge in [-0.2, -0.15) is 0 Å². The Labute approximate surface area is 160 Å². The predicted octanol–water partition coefficient (Wildman–Crippen LogP) is 1.77. The molecule has 26 heavy (non-hydrogen) atoms. The highest BCUT2D eigenvalue weighted by Crippen LogP contribution is 2.26. The van der Waals surface area contributed by atoms with Crippen LogP contribution in [0.15, 0.2) is 4.99 Å². The lowest BCUT2D eigenvalue weighted by Gasteiger charge is -2.34. The first-order valence-corrected chi connectivity index (χ1v) is 10.6. The van der Waals surface area contributed by atoms with E-state index in [9.17, 15) is 0 Å². The van der Waals surface area contributed by atoms with Gasteiger partial charge in [-0.05, 0) is 46.1 Å². The van der Waals surface area contributed by atoms with Crippen LogP contribution in [0.3, 0.4) is 0 Å². The Hall–Kier alpha value is -0.850. The fraction of sp³-hybridized carbons (Fsp3) is 0.950. The molecule has 0 amide bonds. The molecule has 0 aromatic carbocycles. The highest BCUT2D eigenvalue weighted by Gasteiger charge is 2.29. The first-order valence-electron chi connectivity index (χ1n) is 10.6. The molecule has 1 aliphatic heterocycles. The Morgan fingerprint density at radius 3 is 2.46 bits per heavy atom. The fourth-order valence-corrected chi connectivity index (χ4v) is 3.59. The van der Waals surface area contributed by atoms with Gasteiger partial charge in [0.15, 0.2) is 5.96 Å². The smallest absolute Gasteiger partial charge is 0.191 e. The first kappa shape index (κ1) is 21.5. The maximum absolute atomic E-state index is 5.52. The molecular formula is C20H41N5O. The molecule has 2 unspecified atom stereocenters. The topological polar surface area (TPSA) is 52.1 Å². The van der Waals surface area contributed by atoms with Crippen molar-refractivity contribution in [3.05, 3.63) is 0 Å². The Bertz CT molecular complexity index is 418. The molecule has 2 atom stereocenters. The summed E-state index contributed by atoms with van der Waals surface area (Å²) in [6, 6.07) is 1.82. The zero-order valence-corrected chi connectivity index (χ0v) is 17.6. The number of hydrogen-bond acceptors (Lipinski definition) is 4. The molecular weight excluding hydrogens is 326 g/mol. The fourth-order valence-electron chi connectivity index (χ4n) is 3.59. The zero-order valence-electron chi connectivity index (χ0n) is 17.6. The molecule has 1 saturated heterocycles. The molecule has 0 spiro atoms. The predicted molar refractivity (Wildman–Crippen MR) is 110 cm³/mol. The van der Waals surface area contributed by atoms with Crippen molar-refractivity contribution >= 4 is 5.96 Å². The number of rotatable bonds is 10. The molecule has 1 heterocycles. The molecule has 152 valence electrons. The summed E-state index contributed by atoms with van der Waals surface area (Å²) in [7, 11) is 2.24. The van der Waals surface area contributed by atoms with Crippen molar-refractivity contribution in [2.75, 3.05) is 53.0 Å². The molecule has 0 bridgehead atoms. The average Bonchev–Trinajstić information content (AvgIpc) is 3.47. The third kappa shape index (κ3) is 7.41. The van der Waals surface area contributed by atoms with Crippen molar-refractivity contribution in [3.8, 4) is 0 Å². The highest BCUT2D eigenvalue weighted by molar-refractivity contribution is 5.79. The molecule has 1 aliphatic carbocycles. The van der Waals surface area contributed by atoms with Gasteiger partial charge < -0.3 is 15.4 Å². The minimum Gasteiger partial charge on any atom is -0.379 e. The van der Waals surface area contributed by atoms with E-state index in [1.807, 2.05) is 0 Å². The molecule has 0 aromatic rings. The van der Waals surface area contributed by atoms with Crippen LogP contribution in [0.1, 0.15) is 47.0 Å². The van der Waals surface area contributed by atoms with Crippen molar-refractivity contribution in [3.63, 3.8) is 0 Å². The van der Waals surface area contributed by atoms with Crippen LogP contribution in [0.4, 0.5) is 0 Å². The van der Waals surface area contributed by atoms with Crippen LogP contribution in [0, 0.1) is 5.92 Å². The molecule has 6 nitrogen and oxygen atoms in total. The van der Waals surface area contributed by atoms with E-state index in [-0.39, 0.29) is 0 Å². The van der Waals surface area contributed by atoms with Gasteiger partial charge >= 0.3 is 0 Å². The van der Waals surface area contributed by atoms with E-state index < -0.39 is 0 Å². The van der Waals surface area contributed by atoms with Gasteiger partial charge in [-0.15, -0.1) is 0 Å². The Morgan fingerprint density at radius 1 is 1.19 bits per heavy atom. The second-order valence-corrected chi connectivity index (χ2v) is 8.28. The normalized spacial score (nSPS) is 21.9. The third-order valence-corrected chi connectivity index (χ3v) is 5.49. The molecule has 2 aliphatic rings. The quantitative estimate of drug-likeness (QED) is 0.455. The average molecular weight is 368 g/mol. The van der Waals surface area contributed by atoms with E-state index in [0.29, 0.717) is 18.0 Å². The summed E-state index contributed by atoms with van der Waals surface area (Å²) in [4.78, 5) is 9.97. The Kier molecular flexibility index (Phi) is 9.16. The van der Waals surface area contributed by atoms with Crippen LogP contribution >= 0.6 is 0 Å². The molecule has 2 N–H and O–H groups in total. The summed E-state index contributed by atoms with van der Waals surface area (Å²) < 4.78 is 5.52. The molecule has 0 radical (unpaired) electrons.